The Balaban J connectivity index is 1.91. The summed E-state index contributed by atoms with van der Waals surface area (Å²) in [6.45, 7) is 6.22. The second-order valence-corrected chi connectivity index (χ2v) is 6.38. The van der Waals surface area contributed by atoms with Gasteiger partial charge in [0, 0.05) is 0 Å². The molecule has 5 nitrogen and oxygen atoms in total. The van der Waals surface area contributed by atoms with Gasteiger partial charge in [0.15, 0.2) is 0 Å². The Bertz CT molecular complexity index is 867. The number of ether oxygens (including phenoxy) is 1. The summed E-state index contributed by atoms with van der Waals surface area (Å²) in [7, 11) is 0. The molecule has 0 saturated carbocycles. The molecule has 6 heteroatoms. The SMILES string of the molecule is CCOC(=O)Cn1nc(C)cc1-c1cc(-c2cccc(C)c2)sn1. The number of carbonyl (C=O) groups excluding carboxylic acids is 1. The van der Waals surface area contributed by atoms with Crippen molar-refractivity contribution in [2.45, 2.75) is 27.3 Å². The van der Waals surface area contributed by atoms with Crippen molar-refractivity contribution in [3.05, 3.63) is 47.7 Å². The maximum Gasteiger partial charge on any atom is 0.327 e. The van der Waals surface area contributed by atoms with E-state index in [-0.39, 0.29) is 12.5 Å². The summed E-state index contributed by atoms with van der Waals surface area (Å²) in [5, 5.41) is 4.39. The molecule has 0 saturated heterocycles. The van der Waals surface area contributed by atoms with Crippen LogP contribution in [-0.4, -0.2) is 26.7 Å². The van der Waals surface area contributed by atoms with Gasteiger partial charge in [-0.2, -0.15) is 9.47 Å². The monoisotopic (exact) mass is 341 g/mol. The van der Waals surface area contributed by atoms with Gasteiger partial charge in [0.2, 0.25) is 0 Å². The highest BCUT2D eigenvalue weighted by molar-refractivity contribution is 7.09. The Hall–Kier alpha value is -2.47. The summed E-state index contributed by atoms with van der Waals surface area (Å²) in [4.78, 5) is 12.9. The van der Waals surface area contributed by atoms with Crippen molar-refractivity contribution in [2.24, 2.45) is 0 Å². The van der Waals surface area contributed by atoms with Gasteiger partial charge in [-0.1, -0.05) is 29.8 Å². The standard InChI is InChI=1S/C18H19N3O2S/c1-4-23-18(22)11-21-16(9-13(3)19-21)15-10-17(24-20-15)14-7-5-6-12(2)8-14/h5-10H,4,11H2,1-3H3. The Labute approximate surface area is 145 Å². The Morgan fingerprint density at radius 2 is 2.08 bits per heavy atom. The summed E-state index contributed by atoms with van der Waals surface area (Å²) in [6, 6.07) is 12.3. The number of aryl methyl sites for hydroxylation is 2. The molecule has 0 fully saturated rings. The lowest BCUT2D eigenvalue weighted by Gasteiger charge is -2.05. The molecule has 0 spiro atoms. The number of carbonyl (C=O) groups is 1. The summed E-state index contributed by atoms with van der Waals surface area (Å²) in [5.74, 6) is -0.295. The fraction of sp³-hybridized carbons (Fsp3) is 0.278. The Kier molecular flexibility index (Phi) is 4.76. The zero-order valence-electron chi connectivity index (χ0n) is 13.9. The largest absolute Gasteiger partial charge is 0.465 e. The van der Waals surface area contributed by atoms with Crippen LogP contribution < -0.4 is 0 Å². The molecule has 0 aliphatic carbocycles. The van der Waals surface area contributed by atoms with Crippen LogP contribution in [0.25, 0.3) is 21.8 Å². The van der Waals surface area contributed by atoms with Crippen LogP contribution in [0, 0.1) is 13.8 Å². The predicted molar refractivity (Wildman–Crippen MR) is 94.9 cm³/mol. The van der Waals surface area contributed by atoms with Crippen LogP contribution in [0.2, 0.25) is 0 Å². The molecule has 2 aromatic heterocycles. The van der Waals surface area contributed by atoms with Gasteiger partial charge in [-0.25, -0.2) is 0 Å². The van der Waals surface area contributed by atoms with Crippen molar-refractivity contribution >= 4 is 17.5 Å². The molecule has 3 aromatic rings. The van der Waals surface area contributed by atoms with Crippen LogP contribution in [0.5, 0.6) is 0 Å². The highest BCUT2D eigenvalue weighted by Crippen LogP contribution is 2.30. The zero-order valence-corrected chi connectivity index (χ0v) is 14.8. The topological polar surface area (TPSA) is 57.0 Å². The average molecular weight is 341 g/mol. The fourth-order valence-electron chi connectivity index (χ4n) is 2.53. The molecule has 2 heterocycles. The molecule has 1 aromatic carbocycles. The molecule has 0 aliphatic rings. The van der Waals surface area contributed by atoms with E-state index in [1.54, 1.807) is 11.6 Å². The van der Waals surface area contributed by atoms with E-state index in [2.05, 4.69) is 34.6 Å². The molecule has 0 bridgehead atoms. The maximum absolute atomic E-state index is 11.8. The van der Waals surface area contributed by atoms with E-state index in [0.717, 1.165) is 27.5 Å². The highest BCUT2D eigenvalue weighted by atomic mass is 32.1. The maximum atomic E-state index is 11.8. The smallest absolute Gasteiger partial charge is 0.327 e. The van der Waals surface area contributed by atoms with Gasteiger partial charge >= 0.3 is 5.97 Å². The van der Waals surface area contributed by atoms with Gasteiger partial charge in [-0.05, 0) is 50.0 Å². The van der Waals surface area contributed by atoms with Crippen molar-refractivity contribution in [1.29, 1.82) is 0 Å². The van der Waals surface area contributed by atoms with Crippen LogP contribution in [0.1, 0.15) is 18.2 Å². The third-order valence-electron chi connectivity index (χ3n) is 3.56. The summed E-state index contributed by atoms with van der Waals surface area (Å²) >= 11 is 1.45. The number of aromatic nitrogens is 3. The molecule has 124 valence electrons. The molecule has 0 aliphatic heterocycles. The third-order valence-corrected chi connectivity index (χ3v) is 4.40. The van der Waals surface area contributed by atoms with Gasteiger partial charge in [0.05, 0.1) is 22.9 Å². The number of hydrogen-bond acceptors (Lipinski definition) is 5. The number of hydrogen-bond donors (Lipinski definition) is 0. The molecular formula is C18H19N3O2S. The fourth-order valence-corrected chi connectivity index (χ4v) is 3.27. The van der Waals surface area contributed by atoms with E-state index >= 15 is 0 Å². The van der Waals surface area contributed by atoms with E-state index in [0.29, 0.717) is 6.61 Å². The first-order valence-electron chi connectivity index (χ1n) is 7.81. The zero-order chi connectivity index (χ0) is 17.1. The minimum atomic E-state index is -0.295. The number of benzene rings is 1. The molecule has 0 atom stereocenters. The van der Waals surface area contributed by atoms with Crippen LogP contribution in [0.3, 0.4) is 0 Å². The van der Waals surface area contributed by atoms with Crippen molar-refractivity contribution in [2.75, 3.05) is 6.61 Å². The third kappa shape index (κ3) is 3.54. The lowest BCUT2D eigenvalue weighted by atomic mass is 10.1. The Morgan fingerprint density at radius 1 is 1.25 bits per heavy atom. The second kappa shape index (κ2) is 6.97. The van der Waals surface area contributed by atoms with Crippen molar-refractivity contribution < 1.29 is 9.53 Å². The summed E-state index contributed by atoms with van der Waals surface area (Å²) < 4.78 is 11.2. The normalized spacial score (nSPS) is 10.8. The van der Waals surface area contributed by atoms with Gasteiger partial charge in [-0.3, -0.25) is 9.48 Å². The van der Waals surface area contributed by atoms with Crippen molar-refractivity contribution in [3.63, 3.8) is 0 Å². The average Bonchev–Trinajstić information content (AvgIpc) is 3.14. The van der Waals surface area contributed by atoms with Crippen molar-refractivity contribution in [1.82, 2.24) is 14.2 Å². The van der Waals surface area contributed by atoms with Gasteiger partial charge in [0.1, 0.15) is 12.2 Å². The first-order valence-corrected chi connectivity index (χ1v) is 8.58. The van der Waals surface area contributed by atoms with Gasteiger partial charge < -0.3 is 4.74 Å². The molecule has 0 N–H and O–H groups in total. The van der Waals surface area contributed by atoms with E-state index in [9.17, 15) is 4.79 Å². The summed E-state index contributed by atoms with van der Waals surface area (Å²) in [5.41, 5.74) is 4.86. The quantitative estimate of drug-likeness (QED) is 0.661. The predicted octanol–water partition coefficient (Wildman–Crippen LogP) is 3.85. The lowest BCUT2D eigenvalue weighted by molar-refractivity contribution is -0.144. The van der Waals surface area contributed by atoms with Crippen molar-refractivity contribution in [3.8, 4) is 21.8 Å². The molecule has 3 rings (SSSR count). The van der Waals surface area contributed by atoms with Crippen LogP contribution in [0.4, 0.5) is 0 Å². The van der Waals surface area contributed by atoms with Crippen LogP contribution in [0.15, 0.2) is 36.4 Å². The minimum Gasteiger partial charge on any atom is -0.465 e. The van der Waals surface area contributed by atoms with E-state index in [1.165, 1.54) is 17.1 Å². The highest BCUT2D eigenvalue weighted by Gasteiger charge is 2.15. The number of esters is 1. The molecular weight excluding hydrogens is 322 g/mol. The van der Waals surface area contributed by atoms with E-state index < -0.39 is 0 Å². The second-order valence-electron chi connectivity index (χ2n) is 5.58. The first-order chi connectivity index (χ1) is 11.6. The number of rotatable bonds is 5. The molecule has 24 heavy (non-hydrogen) atoms. The lowest BCUT2D eigenvalue weighted by Crippen LogP contribution is -2.15. The Morgan fingerprint density at radius 3 is 2.83 bits per heavy atom. The van der Waals surface area contributed by atoms with E-state index in [4.69, 9.17) is 4.74 Å². The number of nitrogens with zero attached hydrogens (tertiary/aromatic N) is 3. The first kappa shape index (κ1) is 16.4. The molecule has 0 unspecified atom stereocenters. The minimum absolute atomic E-state index is 0.0916. The molecule has 0 radical (unpaired) electrons. The molecule has 0 amide bonds. The van der Waals surface area contributed by atoms with Crippen LogP contribution in [-0.2, 0) is 16.1 Å². The van der Waals surface area contributed by atoms with E-state index in [1.807, 2.05) is 25.1 Å². The van der Waals surface area contributed by atoms with Gasteiger partial charge in [0.25, 0.3) is 0 Å². The van der Waals surface area contributed by atoms with Crippen LogP contribution >= 0.6 is 11.5 Å². The van der Waals surface area contributed by atoms with Gasteiger partial charge in [-0.15, -0.1) is 0 Å². The summed E-state index contributed by atoms with van der Waals surface area (Å²) in [6.07, 6.45) is 0.